The largest absolute Gasteiger partial charge is 0.345 e. The molecule has 1 aromatic heterocycles. The average molecular weight is 334 g/mol. The van der Waals surface area contributed by atoms with E-state index in [9.17, 15) is 9.59 Å². The minimum Gasteiger partial charge on any atom is -0.345 e. The molecule has 0 atom stereocenters. The van der Waals surface area contributed by atoms with E-state index >= 15 is 0 Å². The van der Waals surface area contributed by atoms with Crippen molar-refractivity contribution in [1.82, 2.24) is 15.3 Å². The molecule has 4 rings (SSSR count). The zero-order valence-electron chi connectivity index (χ0n) is 13.9. The molecule has 2 aromatic carbocycles. The van der Waals surface area contributed by atoms with E-state index in [2.05, 4.69) is 15.3 Å². The summed E-state index contributed by atoms with van der Waals surface area (Å²) in [5.41, 5.74) is 4.37. The van der Waals surface area contributed by atoms with Gasteiger partial charge in [0.15, 0.2) is 0 Å². The van der Waals surface area contributed by atoms with Crippen LogP contribution in [0.4, 0.5) is 5.69 Å². The summed E-state index contributed by atoms with van der Waals surface area (Å²) in [5.74, 6) is 0.601. The maximum absolute atomic E-state index is 12.4. The van der Waals surface area contributed by atoms with Gasteiger partial charge >= 0.3 is 0 Å². The van der Waals surface area contributed by atoms with Crippen LogP contribution in [0.15, 0.2) is 42.5 Å². The maximum atomic E-state index is 12.4. The number of carbonyl (C=O) groups excluding carboxylic acids is 2. The monoisotopic (exact) mass is 334 g/mol. The number of carbonyl (C=O) groups is 2. The summed E-state index contributed by atoms with van der Waals surface area (Å²) in [4.78, 5) is 33.4. The number of nitrogens with one attached hydrogen (secondary N) is 2. The molecule has 126 valence electrons. The highest BCUT2D eigenvalue weighted by Crippen LogP contribution is 2.28. The van der Waals surface area contributed by atoms with Gasteiger partial charge in [-0.05, 0) is 42.3 Å². The SMILES string of the molecule is CC(=O)N1CCc2cc(C(=O)NCc3nc4ccccc4[nH]3)ccc21. The van der Waals surface area contributed by atoms with Gasteiger partial charge in [0.1, 0.15) is 5.82 Å². The molecule has 1 aliphatic heterocycles. The van der Waals surface area contributed by atoms with Crippen molar-refractivity contribution in [3.05, 3.63) is 59.4 Å². The van der Waals surface area contributed by atoms with E-state index in [1.165, 1.54) is 0 Å². The Balaban J connectivity index is 1.47. The minimum atomic E-state index is -0.149. The van der Waals surface area contributed by atoms with Crippen LogP contribution in [0.3, 0.4) is 0 Å². The van der Waals surface area contributed by atoms with E-state index in [1.54, 1.807) is 17.9 Å². The van der Waals surface area contributed by atoms with E-state index in [-0.39, 0.29) is 11.8 Å². The first-order valence-electron chi connectivity index (χ1n) is 8.24. The van der Waals surface area contributed by atoms with Gasteiger partial charge in [-0.1, -0.05) is 12.1 Å². The van der Waals surface area contributed by atoms with Crippen LogP contribution >= 0.6 is 0 Å². The average Bonchev–Trinajstić information content (AvgIpc) is 3.22. The second-order valence-corrected chi connectivity index (χ2v) is 6.15. The van der Waals surface area contributed by atoms with Crippen LogP contribution < -0.4 is 10.2 Å². The molecule has 3 aromatic rings. The first kappa shape index (κ1) is 15.4. The molecule has 0 saturated carbocycles. The molecule has 0 fully saturated rings. The zero-order valence-corrected chi connectivity index (χ0v) is 13.9. The van der Waals surface area contributed by atoms with Crippen LogP contribution in [0.25, 0.3) is 11.0 Å². The lowest BCUT2D eigenvalue weighted by atomic mass is 10.1. The van der Waals surface area contributed by atoms with Crippen LogP contribution in [0.5, 0.6) is 0 Å². The lowest BCUT2D eigenvalue weighted by Gasteiger charge is -2.14. The van der Waals surface area contributed by atoms with Crippen LogP contribution in [-0.4, -0.2) is 28.3 Å². The van der Waals surface area contributed by atoms with Crippen molar-refractivity contribution in [2.75, 3.05) is 11.4 Å². The Bertz CT molecular complexity index is 943. The van der Waals surface area contributed by atoms with Gasteiger partial charge in [0.05, 0.1) is 17.6 Å². The van der Waals surface area contributed by atoms with Gasteiger partial charge in [-0.15, -0.1) is 0 Å². The number of aromatic nitrogens is 2. The fourth-order valence-electron chi connectivity index (χ4n) is 3.23. The van der Waals surface area contributed by atoms with Crippen molar-refractivity contribution in [2.45, 2.75) is 19.9 Å². The van der Waals surface area contributed by atoms with Gasteiger partial charge in [-0.2, -0.15) is 0 Å². The van der Waals surface area contributed by atoms with Crippen molar-refractivity contribution in [3.8, 4) is 0 Å². The van der Waals surface area contributed by atoms with Crippen LogP contribution in [0.2, 0.25) is 0 Å². The number of nitrogens with zero attached hydrogens (tertiary/aromatic N) is 2. The Kier molecular flexibility index (Phi) is 3.72. The Labute approximate surface area is 144 Å². The smallest absolute Gasteiger partial charge is 0.251 e. The number of H-pyrrole nitrogens is 1. The van der Waals surface area contributed by atoms with Crippen LogP contribution in [0, 0.1) is 0 Å². The second kappa shape index (κ2) is 6.05. The Morgan fingerprint density at radius 2 is 2.08 bits per heavy atom. The van der Waals surface area contributed by atoms with E-state index in [4.69, 9.17) is 0 Å². The van der Waals surface area contributed by atoms with Crippen LogP contribution in [-0.2, 0) is 17.8 Å². The topological polar surface area (TPSA) is 78.1 Å². The zero-order chi connectivity index (χ0) is 17.4. The lowest BCUT2D eigenvalue weighted by molar-refractivity contribution is -0.116. The molecule has 0 spiro atoms. The van der Waals surface area contributed by atoms with Gasteiger partial charge in [0.25, 0.3) is 5.91 Å². The van der Waals surface area contributed by atoms with E-state index < -0.39 is 0 Å². The summed E-state index contributed by atoms with van der Waals surface area (Å²) in [5, 5.41) is 2.89. The fourth-order valence-corrected chi connectivity index (χ4v) is 3.23. The molecule has 6 heteroatoms. The van der Waals surface area contributed by atoms with Crippen molar-refractivity contribution in [1.29, 1.82) is 0 Å². The third-order valence-corrected chi connectivity index (χ3v) is 4.47. The molecule has 2 N–H and O–H groups in total. The van der Waals surface area contributed by atoms with Crippen LogP contribution in [0.1, 0.15) is 28.7 Å². The maximum Gasteiger partial charge on any atom is 0.251 e. The number of benzene rings is 2. The minimum absolute atomic E-state index is 0.0286. The standard InChI is InChI=1S/C19H18N4O2/c1-12(24)23-9-8-13-10-14(6-7-17(13)23)19(25)20-11-18-21-15-4-2-3-5-16(15)22-18/h2-7,10H,8-9,11H2,1H3,(H,20,25)(H,21,22). The van der Waals surface area contributed by atoms with E-state index in [0.29, 0.717) is 18.7 Å². The number of hydrogen-bond acceptors (Lipinski definition) is 3. The van der Waals surface area contributed by atoms with Gasteiger partial charge in [-0.3, -0.25) is 9.59 Å². The molecule has 0 radical (unpaired) electrons. The van der Waals surface area contributed by atoms with Crippen molar-refractivity contribution in [3.63, 3.8) is 0 Å². The molecule has 1 aliphatic rings. The predicted octanol–water partition coefficient (Wildman–Crippen LogP) is 2.40. The molecule has 6 nitrogen and oxygen atoms in total. The molecule has 2 amide bonds. The summed E-state index contributed by atoms with van der Waals surface area (Å²) in [6.07, 6.45) is 0.777. The quantitative estimate of drug-likeness (QED) is 0.772. The van der Waals surface area contributed by atoms with Gasteiger partial charge in [-0.25, -0.2) is 4.98 Å². The number of anilines is 1. The van der Waals surface area contributed by atoms with Crippen molar-refractivity contribution >= 4 is 28.5 Å². The second-order valence-electron chi connectivity index (χ2n) is 6.15. The molecule has 0 bridgehead atoms. The number of imidazole rings is 1. The highest BCUT2D eigenvalue weighted by Gasteiger charge is 2.23. The summed E-state index contributed by atoms with van der Waals surface area (Å²) in [6, 6.07) is 13.2. The Morgan fingerprint density at radius 1 is 1.24 bits per heavy atom. The van der Waals surface area contributed by atoms with Crippen molar-refractivity contribution < 1.29 is 9.59 Å². The normalized spacial score (nSPS) is 13.1. The van der Waals surface area contributed by atoms with Crippen molar-refractivity contribution in [2.24, 2.45) is 0 Å². The highest BCUT2D eigenvalue weighted by atomic mass is 16.2. The number of fused-ring (bicyclic) bond motifs is 2. The molecule has 0 unspecified atom stereocenters. The van der Waals surface area contributed by atoms with Gasteiger partial charge < -0.3 is 15.2 Å². The van der Waals surface area contributed by atoms with Gasteiger partial charge in [0, 0.05) is 24.7 Å². The van der Waals surface area contributed by atoms with Gasteiger partial charge in [0.2, 0.25) is 5.91 Å². The third-order valence-electron chi connectivity index (χ3n) is 4.47. The molecule has 0 aliphatic carbocycles. The summed E-state index contributed by atoms with van der Waals surface area (Å²) < 4.78 is 0. The Hall–Kier alpha value is -3.15. The predicted molar refractivity (Wildman–Crippen MR) is 95.4 cm³/mol. The summed E-state index contributed by atoms with van der Waals surface area (Å²) in [6.45, 7) is 2.57. The fraction of sp³-hybridized carbons (Fsp3) is 0.211. The third kappa shape index (κ3) is 2.87. The molecular formula is C19H18N4O2. The summed E-state index contributed by atoms with van der Waals surface area (Å²) >= 11 is 0. The molecular weight excluding hydrogens is 316 g/mol. The number of hydrogen-bond donors (Lipinski definition) is 2. The number of rotatable bonds is 3. The summed E-state index contributed by atoms with van der Waals surface area (Å²) in [7, 11) is 0. The highest BCUT2D eigenvalue weighted by molar-refractivity contribution is 5.97. The van der Waals surface area contributed by atoms with E-state index in [1.807, 2.05) is 36.4 Å². The first-order valence-corrected chi connectivity index (χ1v) is 8.24. The number of aromatic amines is 1. The Morgan fingerprint density at radius 3 is 2.88 bits per heavy atom. The molecule has 0 saturated heterocycles. The number of para-hydroxylation sites is 2. The van der Waals surface area contributed by atoms with E-state index in [0.717, 1.165) is 34.5 Å². The lowest BCUT2D eigenvalue weighted by Crippen LogP contribution is -2.26. The number of amides is 2. The first-order chi connectivity index (χ1) is 12.1. The molecule has 25 heavy (non-hydrogen) atoms. The molecule has 2 heterocycles.